The molecule has 8 nitrogen and oxygen atoms in total. The number of anilines is 1. The van der Waals surface area contributed by atoms with E-state index in [0.717, 1.165) is 64.0 Å². The van der Waals surface area contributed by atoms with Crippen LogP contribution in [0.1, 0.15) is 37.8 Å². The molecular formula is C20H19ClN8S. The molecule has 152 valence electrons. The zero-order chi connectivity index (χ0) is 20.5. The van der Waals surface area contributed by atoms with Gasteiger partial charge in [-0.25, -0.2) is 9.97 Å². The number of rotatable bonds is 3. The summed E-state index contributed by atoms with van der Waals surface area (Å²) in [6.45, 7) is 5.14. The molecule has 30 heavy (non-hydrogen) atoms. The molecule has 4 aromatic heterocycles. The van der Waals surface area contributed by atoms with Gasteiger partial charge in [0.1, 0.15) is 17.1 Å². The van der Waals surface area contributed by atoms with Crippen LogP contribution in [-0.2, 0) is 5.54 Å². The molecule has 0 aliphatic carbocycles. The molecule has 0 radical (unpaired) electrons. The van der Waals surface area contributed by atoms with Crippen LogP contribution in [0.4, 0.5) is 5.82 Å². The summed E-state index contributed by atoms with van der Waals surface area (Å²) in [5, 5.41) is 8.94. The molecule has 1 fully saturated rings. The number of hydrogen-bond acceptors (Lipinski definition) is 7. The second kappa shape index (κ2) is 6.36. The molecule has 1 atom stereocenters. The van der Waals surface area contributed by atoms with Crippen molar-refractivity contribution in [1.29, 1.82) is 0 Å². The summed E-state index contributed by atoms with van der Waals surface area (Å²) in [5.41, 5.74) is 0.766. The Morgan fingerprint density at radius 2 is 2.13 bits per heavy atom. The maximum Gasteiger partial charge on any atom is 0.237 e. The van der Waals surface area contributed by atoms with Gasteiger partial charge in [0, 0.05) is 18.9 Å². The lowest BCUT2D eigenvalue weighted by Gasteiger charge is -2.42. The minimum Gasteiger partial charge on any atom is -0.342 e. The molecule has 2 aliphatic heterocycles. The molecule has 0 spiro atoms. The Labute approximate surface area is 182 Å². The van der Waals surface area contributed by atoms with Crippen LogP contribution in [0.3, 0.4) is 0 Å². The fourth-order valence-electron chi connectivity index (χ4n) is 4.81. The Hall–Kier alpha value is -2.78. The summed E-state index contributed by atoms with van der Waals surface area (Å²) in [6.07, 6.45) is 8.63. The Bertz CT molecular complexity index is 1270. The molecule has 0 unspecified atom stereocenters. The van der Waals surface area contributed by atoms with Crippen molar-refractivity contribution in [1.82, 2.24) is 34.3 Å². The Balaban J connectivity index is 1.55. The summed E-state index contributed by atoms with van der Waals surface area (Å²) in [7, 11) is 0. The maximum absolute atomic E-state index is 6.14. The molecule has 6 rings (SSSR count). The quantitative estimate of drug-likeness (QED) is 0.478. The number of imidazole rings is 1. The van der Waals surface area contributed by atoms with E-state index in [1.807, 2.05) is 36.0 Å². The second-order valence-electron chi connectivity index (χ2n) is 7.65. The highest BCUT2D eigenvalue weighted by atomic mass is 35.5. The zero-order valence-corrected chi connectivity index (χ0v) is 18.2. The van der Waals surface area contributed by atoms with Crippen molar-refractivity contribution < 1.29 is 0 Å². The van der Waals surface area contributed by atoms with Crippen LogP contribution in [0.5, 0.6) is 0 Å². The Morgan fingerprint density at radius 1 is 1.23 bits per heavy atom. The average Bonchev–Trinajstić information content (AvgIpc) is 3.53. The van der Waals surface area contributed by atoms with E-state index in [9.17, 15) is 0 Å². The lowest BCUT2D eigenvalue weighted by atomic mass is 9.90. The summed E-state index contributed by atoms with van der Waals surface area (Å²) in [4.78, 5) is 17.6. The van der Waals surface area contributed by atoms with Crippen molar-refractivity contribution in [2.45, 2.75) is 38.6 Å². The van der Waals surface area contributed by atoms with Crippen molar-refractivity contribution in [3.63, 3.8) is 0 Å². The van der Waals surface area contributed by atoms with Gasteiger partial charge < -0.3 is 4.90 Å². The number of aryl methyl sites for hydroxylation is 1. The highest BCUT2D eigenvalue weighted by molar-refractivity contribution is 7.19. The SMILES string of the molecule is CC[C@@]12CCCN1c1nc(-n3ccnc3-c3ccc(Cl)s3)ncc1-n1c(C)nnc12. The van der Waals surface area contributed by atoms with E-state index in [1.54, 1.807) is 6.20 Å². The van der Waals surface area contributed by atoms with E-state index in [0.29, 0.717) is 5.95 Å². The molecule has 0 aromatic carbocycles. The summed E-state index contributed by atoms with van der Waals surface area (Å²) >= 11 is 7.63. The van der Waals surface area contributed by atoms with E-state index in [1.165, 1.54) is 11.3 Å². The molecule has 4 aromatic rings. The van der Waals surface area contributed by atoms with Crippen LogP contribution in [-0.4, -0.2) is 40.8 Å². The molecule has 10 heteroatoms. The standard InChI is InChI=1S/C20H19ClN8S/c1-3-20-7-4-9-28(20)16-13(29-12(2)25-26-18(20)29)11-23-19(24-16)27-10-8-22-17(27)14-5-6-15(21)30-14/h5-6,8,10-11H,3-4,7,9H2,1-2H3/t20-/m0/s1. The van der Waals surface area contributed by atoms with Crippen LogP contribution in [0.2, 0.25) is 4.34 Å². The fourth-order valence-corrected chi connectivity index (χ4v) is 5.85. The summed E-state index contributed by atoms with van der Waals surface area (Å²) in [6, 6.07) is 3.85. The zero-order valence-electron chi connectivity index (χ0n) is 16.6. The predicted molar refractivity (Wildman–Crippen MR) is 116 cm³/mol. The van der Waals surface area contributed by atoms with Crippen LogP contribution < -0.4 is 4.90 Å². The van der Waals surface area contributed by atoms with Gasteiger partial charge in [0.15, 0.2) is 17.5 Å². The Morgan fingerprint density at radius 3 is 2.93 bits per heavy atom. The van der Waals surface area contributed by atoms with Crippen molar-refractivity contribution in [3.05, 3.63) is 46.7 Å². The molecule has 0 saturated carbocycles. The van der Waals surface area contributed by atoms with Crippen molar-refractivity contribution in [2.75, 3.05) is 11.4 Å². The highest BCUT2D eigenvalue weighted by Gasteiger charge is 2.50. The lowest BCUT2D eigenvalue weighted by molar-refractivity contribution is 0.381. The average molecular weight is 439 g/mol. The van der Waals surface area contributed by atoms with Gasteiger partial charge in [-0.3, -0.25) is 9.13 Å². The molecule has 0 bridgehead atoms. The van der Waals surface area contributed by atoms with Crippen LogP contribution in [0.15, 0.2) is 30.7 Å². The van der Waals surface area contributed by atoms with Gasteiger partial charge in [0.05, 0.1) is 15.4 Å². The van der Waals surface area contributed by atoms with Crippen molar-refractivity contribution >= 4 is 28.8 Å². The van der Waals surface area contributed by atoms with Gasteiger partial charge in [-0.1, -0.05) is 18.5 Å². The first-order valence-corrected chi connectivity index (χ1v) is 11.2. The van der Waals surface area contributed by atoms with E-state index >= 15 is 0 Å². The van der Waals surface area contributed by atoms with Crippen molar-refractivity contribution in [2.24, 2.45) is 0 Å². The number of aromatic nitrogens is 7. The highest BCUT2D eigenvalue weighted by Crippen LogP contribution is 2.49. The normalized spacial score (nSPS) is 19.6. The minimum absolute atomic E-state index is 0.168. The Kier molecular flexibility index (Phi) is 3.82. The topological polar surface area (TPSA) is 77.5 Å². The molecule has 0 N–H and O–H groups in total. The first-order valence-electron chi connectivity index (χ1n) is 9.99. The fraction of sp³-hybridized carbons (Fsp3) is 0.350. The van der Waals surface area contributed by atoms with Gasteiger partial charge in [-0.05, 0) is 38.3 Å². The van der Waals surface area contributed by atoms with Crippen LogP contribution in [0, 0.1) is 6.92 Å². The van der Waals surface area contributed by atoms with Gasteiger partial charge in [-0.2, -0.15) is 4.98 Å². The number of fused-ring (bicyclic) bond motifs is 6. The van der Waals surface area contributed by atoms with Crippen molar-refractivity contribution in [3.8, 4) is 22.3 Å². The molecule has 6 heterocycles. The van der Waals surface area contributed by atoms with E-state index in [-0.39, 0.29) is 5.54 Å². The third-order valence-corrected chi connectivity index (χ3v) is 7.43. The van der Waals surface area contributed by atoms with Gasteiger partial charge >= 0.3 is 0 Å². The summed E-state index contributed by atoms with van der Waals surface area (Å²) < 4.78 is 4.77. The third kappa shape index (κ3) is 2.30. The predicted octanol–water partition coefficient (Wildman–Crippen LogP) is 4.15. The number of hydrogen-bond donors (Lipinski definition) is 0. The molecular weight excluding hydrogens is 420 g/mol. The number of nitrogens with zero attached hydrogens (tertiary/aromatic N) is 8. The van der Waals surface area contributed by atoms with E-state index in [2.05, 4.69) is 31.6 Å². The van der Waals surface area contributed by atoms with Gasteiger partial charge in [0.2, 0.25) is 5.95 Å². The first-order chi connectivity index (χ1) is 14.6. The van der Waals surface area contributed by atoms with Crippen LogP contribution in [0.25, 0.3) is 22.3 Å². The molecule has 0 amide bonds. The van der Waals surface area contributed by atoms with E-state index < -0.39 is 0 Å². The molecule has 2 aliphatic rings. The number of halogens is 1. The van der Waals surface area contributed by atoms with Gasteiger partial charge in [-0.15, -0.1) is 21.5 Å². The van der Waals surface area contributed by atoms with Gasteiger partial charge in [0.25, 0.3) is 0 Å². The monoisotopic (exact) mass is 438 g/mol. The van der Waals surface area contributed by atoms with Crippen LogP contribution >= 0.6 is 22.9 Å². The second-order valence-corrected chi connectivity index (χ2v) is 9.37. The first kappa shape index (κ1) is 18.0. The smallest absolute Gasteiger partial charge is 0.237 e. The minimum atomic E-state index is -0.168. The maximum atomic E-state index is 6.14. The van der Waals surface area contributed by atoms with E-state index in [4.69, 9.17) is 21.6 Å². The summed E-state index contributed by atoms with van der Waals surface area (Å²) in [5.74, 6) is 4.17. The third-order valence-electron chi connectivity index (χ3n) is 6.20. The molecule has 1 saturated heterocycles. The largest absolute Gasteiger partial charge is 0.342 e. The lowest BCUT2D eigenvalue weighted by Crippen LogP contribution is -2.47. The number of thiophene rings is 1.